The highest BCUT2D eigenvalue weighted by atomic mass is 35.5. The van der Waals surface area contributed by atoms with Gasteiger partial charge in [-0.3, -0.25) is 9.48 Å². The van der Waals surface area contributed by atoms with Crippen LogP contribution in [0.3, 0.4) is 0 Å². The Bertz CT molecular complexity index is 499. The molecule has 7 heteroatoms. The van der Waals surface area contributed by atoms with Crippen LogP contribution >= 0.6 is 11.6 Å². The highest BCUT2D eigenvalue weighted by molar-refractivity contribution is 6.29. The van der Waals surface area contributed by atoms with Crippen molar-refractivity contribution < 1.29 is 4.79 Å². The van der Waals surface area contributed by atoms with E-state index in [2.05, 4.69) is 20.4 Å². The Hall–Kier alpha value is -1.95. The van der Waals surface area contributed by atoms with Crippen LogP contribution in [0.15, 0.2) is 31.0 Å². The van der Waals surface area contributed by atoms with Gasteiger partial charge in [0.2, 0.25) is 5.91 Å². The van der Waals surface area contributed by atoms with Gasteiger partial charge in [-0.05, 0) is 12.1 Å². The van der Waals surface area contributed by atoms with Gasteiger partial charge in [-0.25, -0.2) is 9.97 Å². The Morgan fingerprint density at radius 3 is 3.12 bits per heavy atom. The van der Waals surface area contributed by atoms with E-state index in [0.29, 0.717) is 23.8 Å². The quantitative estimate of drug-likeness (QED) is 0.833. The van der Waals surface area contributed by atoms with Crippen molar-refractivity contribution in [2.45, 2.75) is 13.0 Å². The van der Waals surface area contributed by atoms with Gasteiger partial charge in [0.25, 0.3) is 0 Å². The van der Waals surface area contributed by atoms with Gasteiger partial charge in [0.1, 0.15) is 17.8 Å². The second kappa shape index (κ2) is 5.40. The van der Waals surface area contributed by atoms with Gasteiger partial charge >= 0.3 is 0 Å². The van der Waals surface area contributed by atoms with Crippen molar-refractivity contribution in [1.82, 2.24) is 19.7 Å². The molecule has 0 fully saturated rings. The minimum absolute atomic E-state index is 0.109. The first-order chi connectivity index (χ1) is 8.24. The van der Waals surface area contributed by atoms with Crippen LogP contribution in [0.2, 0.25) is 5.15 Å². The largest absolute Gasteiger partial charge is 0.326 e. The van der Waals surface area contributed by atoms with E-state index in [1.165, 1.54) is 12.5 Å². The number of nitrogens with zero attached hydrogens (tertiary/aromatic N) is 4. The van der Waals surface area contributed by atoms with Crippen LogP contribution in [0.5, 0.6) is 0 Å². The fourth-order valence-electron chi connectivity index (χ4n) is 1.27. The van der Waals surface area contributed by atoms with Crippen molar-refractivity contribution in [2.75, 3.05) is 5.32 Å². The molecule has 0 aliphatic rings. The van der Waals surface area contributed by atoms with Gasteiger partial charge in [0, 0.05) is 18.3 Å². The van der Waals surface area contributed by atoms with Crippen molar-refractivity contribution in [1.29, 1.82) is 0 Å². The number of halogens is 1. The predicted octanol–water partition coefficient (Wildman–Crippen LogP) is 1.36. The zero-order chi connectivity index (χ0) is 12.1. The summed E-state index contributed by atoms with van der Waals surface area (Å²) in [5.41, 5.74) is 0.633. The number of carbonyl (C=O) groups is 1. The summed E-state index contributed by atoms with van der Waals surface area (Å²) in [5, 5.41) is 6.97. The lowest BCUT2D eigenvalue weighted by molar-refractivity contribution is -0.116. The fraction of sp³-hybridized carbons (Fsp3) is 0.200. The zero-order valence-corrected chi connectivity index (χ0v) is 9.63. The molecular formula is C10H10ClN5O. The standard InChI is InChI=1S/C10H10ClN5O/c11-9-5-8(1-3-13-9)15-10(17)2-4-16-7-12-6-14-16/h1,3,5-7H,2,4H2,(H,13,15,17). The normalized spacial score (nSPS) is 10.2. The third-order valence-corrected chi connectivity index (χ3v) is 2.25. The number of nitrogens with one attached hydrogen (secondary N) is 1. The molecule has 0 aliphatic heterocycles. The summed E-state index contributed by atoms with van der Waals surface area (Å²) in [7, 11) is 0. The topological polar surface area (TPSA) is 72.7 Å². The minimum Gasteiger partial charge on any atom is -0.326 e. The zero-order valence-electron chi connectivity index (χ0n) is 8.88. The van der Waals surface area contributed by atoms with Crippen LogP contribution in [-0.4, -0.2) is 25.7 Å². The summed E-state index contributed by atoms with van der Waals surface area (Å²) < 4.78 is 1.60. The molecular weight excluding hydrogens is 242 g/mol. The maximum absolute atomic E-state index is 11.6. The van der Waals surface area contributed by atoms with Crippen LogP contribution < -0.4 is 5.32 Å². The van der Waals surface area contributed by atoms with Crippen LogP contribution in [0.4, 0.5) is 5.69 Å². The number of carbonyl (C=O) groups excluding carboxylic acids is 1. The average molecular weight is 252 g/mol. The van der Waals surface area contributed by atoms with E-state index < -0.39 is 0 Å². The average Bonchev–Trinajstić information content (AvgIpc) is 2.79. The number of rotatable bonds is 4. The number of amides is 1. The van der Waals surface area contributed by atoms with Crippen LogP contribution in [0, 0.1) is 0 Å². The monoisotopic (exact) mass is 251 g/mol. The molecule has 0 saturated heterocycles. The van der Waals surface area contributed by atoms with Crippen LogP contribution in [0.25, 0.3) is 0 Å². The molecule has 2 heterocycles. The fourth-order valence-corrected chi connectivity index (χ4v) is 1.44. The van der Waals surface area contributed by atoms with Gasteiger partial charge in [0.15, 0.2) is 0 Å². The van der Waals surface area contributed by atoms with Gasteiger partial charge in [-0.2, -0.15) is 5.10 Å². The molecule has 0 radical (unpaired) electrons. The van der Waals surface area contributed by atoms with Crippen molar-refractivity contribution in [3.8, 4) is 0 Å². The number of hydrogen-bond donors (Lipinski definition) is 1. The van der Waals surface area contributed by atoms with Crippen molar-refractivity contribution in [3.05, 3.63) is 36.1 Å². The molecule has 2 aromatic heterocycles. The van der Waals surface area contributed by atoms with E-state index >= 15 is 0 Å². The maximum Gasteiger partial charge on any atom is 0.226 e. The SMILES string of the molecule is O=C(CCn1cncn1)Nc1ccnc(Cl)c1. The highest BCUT2D eigenvalue weighted by Gasteiger charge is 2.03. The van der Waals surface area contributed by atoms with Crippen molar-refractivity contribution in [2.24, 2.45) is 0 Å². The predicted molar refractivity (Wildman–Crippen MR) is 62.5 cm³/mol. The van der Waals surface area contributed by atoms with E-state index in [9.17, 15) is 4.79 Å². The first kappa shape index (κ1) is 11.5. The number of aromatic nitrogens is 4. The molecule has 6 nitrogen and oxygen atoms in total. The van der Waals surface area contributed by atoms with Crippen LogP contribution in [0.1, 0.15) is 6.42 Å². The van der Waals surface area contributed by atoms with Crippen molar-refractivity contribution in [3.63, 3.8) is 0 Å². The van der Waals surface area contributed by atoms with Crippen molar-refractivity contribution >= 4 is 23.2 Å². The first-order valence-corrected chi connectivity index (χ1v) is 5.35. The molecule has 0 atom stereocenters. The molecule has 0 bridgehead atoms. The Kier molecular flexibility index (Phi) is 3.66. The summed E-state index contributed by atoms with van der Waals surface area (Å²) >= 11 is 5.70. The summed E-state index contributed by atoms with van der Waals surface area (Å²) in [6.07, 6.45) is 4.86. The number of anilines is 1. The summed E-state index contributed by atoms with van der Waals surface area (Å²) in [6.45, 7) is 0.491. The Labute approximate surface area is 103 Å². The smallest absolute Gasteiger partial charge is 0.226 e. The first-order valence-electron chi connectivity index (χ1n) is 4.98. The Morgan fingerprint density at radius 1 is 1.53 bits per heavy atom. The third-order valence-electron chi connectivity index (χ3n) is 2.04. The summed E-state index contributed by atoms with van der Waals surface area (Å²) in [4.78, 5) is 19.2. The number of pyridine rings is 1. The van der Waals surface area contributed by atoms with E-state index in [1.54, 1.807) is 23.1 Å². The molecule has 0 saturated carbocycles. The molecule has 17 heavy (non-hydrogen) atoms. The van der Waals surface area contributed by atoms with E-state index in [0.717, 1.165) is 0 Å². The lowest BCUT2D eigenvalue weighted by Crippen LogP contribution is -2.14. The highest BCUT2D eigenvalue weighted by Crippen LogP contribution is 2.11. The lowest BCUT2D eigenvalue weighted by atomic mass is 10.3. The number of aryl methyl sites for hydroxylation is 1. The summed E-state index contributed by atoms with van der Waals surface area (Å²) in [5.74, 6) is -0.109. The minimum atomic E-state index is -0.109. The molecule has 0 aliphatic carbocycles. The van der Waals surface area contributed by atoms with E-state index in [1.807, 2.05) is 0 Å². The second-order valence-corrected chi connectivity index (χ2v) is 3.71. The van der Waals surface area contributed by atoms with Gasteiger partial charge in [-0.1, -0.05) is 11.6 Å². The van der Waals surface area contributed by atoms with E-state index in [4.69, 9.17) is 11.6 Å². The van der Waals surface area contributed by atoms with Gasteiger partial charge < -0.3 is 5.32 Å². The molecule has 0 unspecified atom stereocenters. The molecule has 1 N–H and O–H groups in total. The van der Waals surface area contributed by atoms with Gasteiger partial charge in [0.05, 0.1) is 6.54 Å². The maximum atomic E-state index is 11.6. The molecule has 88 valence electrons. The lowest BCUT2D eigenvalue weighted by Gasteiger charge is -2.04. The van der Waals surface area contributed by atoms with E-state index in [-0.39, 0.29) is 5.91 Å². The molecule has 1 amide bonds. The Morgan fingerprint density at radius 2 is 2.41 bits per heavy atom. The third kappa shape index (κ3) is 3.53. The molecule has 2 rings (SSSR count). The second-order valence-electron chi connectivity index (χ2n) is 3.32. The van der Waals surface area contributed by atoms with Crippen LogP contribution in [-0.2, 0) is 11.3 Å². The molecule has 0 aromatic carbocycles. The molecule has 2 aromatic rings. The van der Waals surface area contributed by atoms with Gasteiger partial charge in [-0.15, -0.1) is 0 Å². The number of hydrogen-bond acceptors (Lipinski definition) is 4. The Balaban J connectivity index is 1.85. The summed E-state index contributed by atoms with van der Waals surface area (Å²) in [6, 6.07) is 3.27. The molecule has 0 spiro atoms.